The van der Waals surface area contributed by atoms with Gasteiger partial charge in [0.1, 0.15) is 5.60 Å². The zero-order chi connectivity index (χ0) is 15.6. The summed E-state index contributed by atoms with van der Waals surface area (Å²) in [5.74, 6) is 0.351. The predicted octanol–water partition coefficient (Wildman–Crippen LogP) is 3.88. The largest absolute Gasteiger partial charge is 0.459 e. The Labute approximate surface area is 132 Å². The molecule has 1 heterocycles. The fraction of sp³-hybridized carbons (Fsp3) is 0.526. The molecule has 1 aliphatic carbocycles. The third-order valence-corrected chi connectivity index (χ3v) is 4.87. The lowest BCUT2D eigenvalue weighted by Crippen LogP contribution is -2.31. The number of ether oxygens (including phenoxy) is 2. The fourth-order valence-corrected chi connectivity index (χ4v) is 3.56. The molecule has 0 spiro atoms. The molecule has 3 heteroatoms. The lowest BCUT2D eigenvalue weighted by Gasteiger charge is -2.29. The second-order valence-corrected chi connectivity index (χ2v) is 6.83. The van der Waals surface area contributed by atoms with Crippen molar-refractivity contribution in [2.45, 2.75) is 45.3 Å². The molecule has 1 aromatic carbocycles. The van der Waals surface area contributed by atoms with Crippen molar-refractivity contribution in [3.8, 4) is 0 Å². The standard InChI is InChI=1S/C19H24O3/c1-19(2)17-9-8-14(12-16(17)18(20)22-19)10-11-21-13-15-6-4-3-5-7-15/h3-8,16-17H,9-13H2,1-2H3/t16-,17-/m1/s1. The molecule has 2 aliphatic rings. The number of esters is 1. The highest BCUT2D eigenvalue weighted by Crippen LogP contribution is 2.45. The van der Waals surface area contributed by atoms with Crippen molar-refractivity contribution >= 4 is 5.97 Å². The minimum Gasteiger partial charge on any atom is -0.459 e. The van der Waals surface area contributed by atoms with Gasteiger partial charge in [0.05, 0.1) is 19.1 Å². The van der Waals surface area contributed by atoms with Crippen LogP contribution in [0.15, 0.2) is 42.0 Å². The van der Waals surface area contributed by atoms with Crippen LogP contribution in [0.1, 0.15) is 38.7 Å². The lowest BCUT2D eigenvalue weighted by molar-refractivity contribution is -0.148. The second kappa shape index (κ2) is 6.25. The van der Waals surface area contributed by atoms with Crippen molar-refractivity contribution in [3.05, 3.63) is 47.5 Å². The van der Waals surface area contributed by atoms with E-state index in [1.54, 1.807) is 0 Å². The molecular formula is C19H24O3. The SMILES string of the molecule is CC1(C)OC(=O)[C@@H]2CC(CCOCc3ccccc3)=CC[C@H]21. The molecule has 0 amide bonds. The van der Waals surface area contributed by atoms with Gasteiger partial charge in [-0.1, -0.05) is 42.0 Å². The number of benzene rings is 1. The van der Waals surface area contributed by atoms with Crippen LogP contribution in [0.5, 0.6) is 0 Å². The van der Waals surface area contributed by atoms with Gasteiger partial charge in [0.2, 0.25) is 0 Å². The van der Waals surface area contributed by atoms with Gasteiger partial charge in [0.25, 0.3) is 0 Å². The van der Waals surface area contributed by atoms with Crippen LogP contribution < -0.4 is 0 Å². The van der Waals surface area contributed by atoms with E-state index in [-0.39, 0.29) is 17.5 Å². The monoisotopic (exact) mass is 300 g/mol. The summed E-state index contributed by atoms with van der Waals surface area (Å²) in [5.41, 5.74) is 2.22. The number of carbonyl (C=O) groups excluding carboxylic acids is 1. The number of allylic oxidation sites excluding steroid dienone is 1. The molecule has 0 N–H and O–H groups in total. The smallest absolute Gasteiger partial charge is 0.310 e. The summed E-state index contributed by atoms with van der Waals surface area (Å²) in [6.45, 7) is 5.40. The van der Waals surface area contributed by atoms with E-state index in [2.05, 4.69) is 18.2 Å². The van der Waals surface area contributed by atoms with E-state index in [9.17, 15) is 4.79 Å². The van der Waals surface area contributed by atoms with Crippen molar-refractivity contribution in [2.75, 3.05) is 6.61 Å². The van der Waals surface area contributed by atoms with Crippen molar-refractivity contribution in [2.24, 2.45) is 11.8 Å². The van der Waals surface area contributed by atoms with Gasteiger partial charge in [-0.25, -0.2) is 0 Å². The Kier molecular flexibility index (Phi) is 4.34. The predicted molar refractivity (Wildman–Crippen MR) is 85.2 cm³/mol. The molecular weight excluding hydrogens is 276 g/mol. The number of hydrogen-bond donors (Lipinski definition) is 0. The van der Waals surface area contributed by atoms with E-state index in [0.29, 0.717) is 19.1 Å². The Morgan fingerprint density at radius 2 is 2.05 bits per heavy atom. The molecule has 0 radical (unpaired) electrons. The normalized spacial score (nSPS) is 26.3. The Morgan fingerprint density at radius 1 is 1.27 bits per heavy atom. The number of carbonyl (C=O) groups is 1. The van der Waals surface area contributed by atoms with Crippen molar-refractivity contribution in [3.63, 3.8) is 0 Å². The second-order valence-electron chi connectivity index (χ2n) is 6.83. The number of cyclic esters (lactones) is 1. The van der Waals surface area contributed by atoms with E-state index >= 15 is 0 Å². The highest BCUT2D eigenvalue weighted by molar-refractivity contribution is 5.76. The van der Waals surface area contributed by atoms with E-state index in [1.807, 2.05) is 32.0 Å². The van der Waals surface area contributed by atoms with E-state index in [1.165, 1.54) is 11.1 Å². The van der Waals surface area contributed by atoms with Crippen LogP contribution in [-0.2, 0) is 20.9 Å². The third-order valence-electron chi connectivity index (χ3n) is 4.87. The van der Waals surface area contributed by atoms with Crippen molar-refractivity contribution in [1.82, 2.24) is 0 Å². The van der Waals surface area contributed by atoms with Crippen LogP contribution in [0.2, 0.25) is 0 Å². The minimum absolute atomic E-state index is 0.0224. The van der Waals surface area contributed by atoms with E-state index < -0.39 is 0 Å². The molecule has 3 nitrogen and oxygen atoms in total. The first-order chi connectivity index (χ1) is 10.6. The highest BCUT2D eigenvalue weighted by atomic mass is 16.6. The summed E-state index contributed by atoms with van der Waals surface area (Å²) in [7, 11) is 0. The van der Waals surface area contributed by atoms with Gasteiger partial charge in [-0.3, -0.25) is 4.79 Å². The Hall–Kier alpha value is -1.61. The van der Waals surface area contributed by atoms with E-state index in [4.69, 9.17) is 9.47 Å². The highest BCUT2D eigenvalue weighted by Gasteiger charge is 2.50. The van der Waals surface area contributed by atoms with Crippen molar-refractivity contribution < 1.29 is 14.3 Å². The lowest BCUT2D eigenvalue weighted by atomic mass is 9.74. The first-order valence-electron chi connectivity index (χ1n) is 8.09. The van der Waals surface area contributed by atoms with Gasteiger partial charge >= 0.3 is 5.97 Å². The molecule has 118 valence electrons. The van der Waals surface area contributed by atoms with Crippen LogP contribution in [0.25, 0.3) is 0 Å². The zero-order valence-corrected chi connectivity index (χ0v) is 13.4. The number of rotatable bonds is 5. The summed E-state index contributed by atoms with van der Waals surface area (Å²) >= 11 is 0. The Balaban J connectivity index is 1.47. The molecule has 1 aromatic rings. The quantitative estimate of drug-likeness (QED) is 0.470. The van der Waals surface area contributed by atoms with Crippen LogP contribution in [-0.4, -0.2) is 18.2 Å². The molecule has 0 saturated carbocycles. The molecule has 1 fully saturated rings. The molecule has 3 rings (SSSR count). The van der Waals surface area contributed by atoms with Gasteiger partial charge < -0.3 is 9.47 Å². The van der Waals surface area contributed by atoms with Gasteiger partial charge in [-0.2, -0.15) is 0 Å². The first-order valence-corrected chi connectivity index (χ1v) is 8.09. The minimum atomic E-state index is -0.312. The zero-order valence-electron chi connectivity index (χ0n) is 13.4. The summed E-state index contributed by atoms with van der Waals surface area (Å²) in [4.78, 5) is 12.0. The molecule has 1 saturated heterocycles. The summed E-state index contributed by atoms with van der Waals surface area (Å²) < 4.78 is 11.3. The van der Waals surface area contributed by atoms with E-state index in [0.717, 1.165) is 19.3 Å². The van der Waals surface area contributed by atoms with Crippen LogP contribution in [0, 0.1) is 11.8 Å². The van der Waals surface area contributed by atoms with Crippen LogP contribution >= 0.6 is 0 Å². The summed E-state index contributed by atoms with van der Waals surface area (Å²) in [6.07, 6.45) is 4.97. The maximum absolute atomic E-state index is 12.0. The topological polar surface area (TPSA) is 35.5 Å². The molecule has 22 heavy (non-hydrogen) atoms. The van der Waals surface area contributed by atoms with Gasteiger partial charge in [0.15, 0.2) is 0 Å². The molecule has 0 bridgehead atoms. The Bertz CT molecular complexity index is 559. The molecule has 2 atom stereocenters. The van der Waals surface area contributed by atoms with Gasteiger partial charge in [0, 0.05) is 5.92 Å². The maximum atomic E-state index is 12.0. The first kappa shape index (κ1) is 15.3. The number of fused-ring (bicyclic) bond motifs is 1. The maximum Gasteiger partial charge on any atom is 0.310 e. The molecule has 0 aromatic heterocycles. The average Bonchev–Trinajstić information content (AvgIpc) is 2.74. The van der Waals surface area contributed by atoms with Crippen LogP contribution in [0.4, 0.5) is 0 Å². The molecule has 1 aliphatic heterocycles. The van der Waals surface area contributed by atoms with Gasteiger partial charge in [-0.15, -0.1) is 0 Å². The van der Waals surface area contributed by atoms with Crippen LogP contribution in [0.3, 0.4) is 0 Å². The van der Waals surface area contributed by atoms with Gasteiger partial charge in [-0.05, 0) is 38.7 Å². The molecule has 0 unspecified atom stereocenters. The van der Waals surface area contributed by atoms with Crippen molar-refractivity contribution in [1.29, 1.82) is 0 Å². The summed E-state index contributed by atoms with van der Waals surface area (Å²) in [5, 5.41) is 0. The number of hydrogen-bond acceptors (Lipinski definition) is 3. The summed E-state index contributed by atoms with van der Waals surface area (Å²) in [6, 6.07) is 10.2. The Morgan fingerprint density at radius 3 is 2.82 bits per heavy atom. The third kappa shape index (κ3) is 3.25. The fourth-order valence-electron chi connectivity index (χ4n) is 3.56. The average molecular weight is 300 g/mol.